The van der Waals surface area contributed by atoms with Crippen LogP contribution in [0.1, 0.15) is 76.3 Å². The summed E-state index contributed by atoms with van der Waals surface area (Å²) in [6.45, 7) is 10.3. The first-order valence-electron chi connectivity index (χ1n) is 15.7. The van der Waals surface area contributed by atoms with Gasteiger partial charge in [0, 0.05) is 17.8 Å². The summed E-state index contributed by atoms with van der Waals surface area (Å²) in [5.74, 6) is -1.85. The summed E-state index contributed by atoms with van der Waals surface area (Å²) in [5, 5.41) is 10.7. The van der Waals surface area contributed by atoms with Crippen LogP contribution in [0.2, 0.25) is 0 Å². The molecule has 1 aromatic rings. The van der Waals surface area contributed by atoms with Gasteiger partial charge in [0.25, 0.3) is 0 Å². The van der Waals surface area contributed by atoms with Crippen molar-refractivity contribution in [3.05, 3.63) is 61.2 Å². The number of thioether (sulfide) groups is 1. The summed E-state index contributed by atoms with van der Waals surface area (Å²) in [7, 11) is 0. The Hall–Kier alpha value is -2.58. The number of nitrogens with zero attached hydrogens (tertiary/aromatic N) is 2. The minimum Gasteiger partial charge on any atom is -0.465 e. The topological polar surface area (TPSA) is 87.1 Å². The number of hydrogen-bond donors (Lipinski definition) is 1. The SMILES string of the molecule is C=CCCCCOC(=O)[C@@H]1[C@H]2C(=O)N([C@H](CO)c3ccccc3)C(C(=O)N(CC=C)C3CCCCC3)C23S[C@@H]1CC3C. The molecule has 8 heteroatoms. The largest absolute Gasteiger partial charge is 0.465 e. The highest BCUT2D eigenvalue weighted by molar-refractivity contribution is 8.02. The van der Waals surface area contributed by atoms with E-state index in [-0.39, 0.29) is 41.6 Å². The van der Waals surface area contributed by atoms with E-state index in [1.54, 1.807) is 22.7 Å². The second-order valence-corrected chi connectivity index (χ2v) is 14.0. The molecule has 2 amide bonds. The van der Waals surface area contributed by atoms with Gasteiger partial charge in [-0.2, -0.15) is 0 Å². The third-order valence-corrected chi connectivity index (χ3v) is 12.1. The van der Waals surface area contributed by atoms with Crippen LogP contribution in [0.5, 0.6) is 0 Å². The van der Waals surface area contributed by atoms with Gasteiger partial charge in [-0.3, -0.25) is 14.4 Å². The monoisotopic (exact) mass is 594 g/mol. The van der Waals surface area contributed by atoms with Crippen LogP contribution in [0.4, 0.5) is 0 Å². The molecule has 1 aliphatic carbocycles. The molecule has 1 spiro atoms. The van der Waals surface area contributed by atoms with Crippen LogP contribution in [0.15, 0.2) is 55.6 Å². The van der Waals surface area contributed by atoms with Gasteiger partial charge in [-0.15, -0.1) is 24.9 Å². The van der Waals surface area contributed by atoms with Crippen molar-refractivity contribution in [1.29, 1.82) is 0 Å². The number of rotatable bonds is 13. The molecule has 1 saturated carbocycles. The Morgan fingerprint density at radius 2 is 1.90 bits per heavy atom. The molecule has 1 aromatic carbocycles. The molecule has 0 aromatic heterocycles. The molecule has 3 aliphatic heterocycles. The Kier molecular flexibility index (Phi) is 9.83. The van der Waals surface area contributed by atoms with Crippen LogP contribution in [0.25, 0.3) is 0 Å². The number of allylic oxidation sites excluding steroid dienone is 1. The van der Waals surface area contributed by atoms with Crippen molar-refractivity contribution in [2.45, 2.75) is 92.8 Å². The van der Waals surface area contributed by atoms with E-state index in [4.69, 9.17) is 4.74 Å². The Labute approximate surface area is 254 Å². The van der Waals surface area contributed by atoms with Crippen LogP contribution >= 0.6 is 11.8 Å². The first-order valence-corrected chi connectivity index (χ1v) is 16.6. The lowest BCUT2D eigenvalue weighted by atomic mass is 9.66. The van der Waals surface area contributed by atoms with E-state index in [1.807, 2.05) is 41.3 Å². The number of aliphatic hydroxyl groups excluding tert-OH is 1. The zero-order valence-electron chi connectivity index (χ0n) is 24.9. The number of aliphatic hydroxyl groups is 1. The van der Waals surface area contributed by atoms with Crippen LogP contribution in [-0.2, 0) is 19.1 Å². The van der Waals surface area contributed by atoms with E-state index >= 15 is 0 Å². The highest BCUT2D eigenvalue weighted by Gasteiger charge is 2.77. The average molecular weight is 595 g/mol. The lowest BCUT2D eigenvalue weighted by molar-refractivity contribution is -0.155. The number of carbonyl (C=O) groups is 3. The fourth-order valence-corrected chi connectivity index (χ4v) is 10.5. The Morgan fingerprint density at radius 1 is 1.17 bits per heavy atom. The van der Waals surface area contributed by atoms with Crippen molar-refractivity contribution < 1.29 is 24.2 Å². The Morgan fingerprint density at radius 3 is 2.57 bits per heavy atom. The quantitative estimate of drug-likeness (QED) is 0.189. The van der Waals surface area contributed by atoms with Gasteiger partial charge < -0.3 is 19.6 Å². The van der Waals surface area contributed by atoms with E-state index in [9.17, 15) is 19.5 Å². The summed E-state index contributed by atoms with van der Waals surface area (Å²) in [5.41, 5.74) is 0.781. The molecule has 5 rings (SSSR count). The maximum absolute atomic E-state index is 14.9. The number of hydrogen-bond acceptors (Lipinski definition) is 6. The minimum absolute atomic E-state index is 0.0455. The second kappa shape index (κ2) is 13.4. The molecular weight excluding hydrogens is 548 g/mol. The van der Waals surface area contributed by atoms with Gasteiger partial charge in [0.2, 0.25) is 11.8 Å². The van der Waals surface area contributed by atoms with E-state index < -0.39 is 28.7 Å². The molecule has 3 heterocycles. The van der Waals surface area contributed by atoms with Crippen molar-refractivity contribution in [3.63, 3.8) is 0 Å². The van der Waals surface area contributed by atoms with E-state index in [0.717, 1.165) is 56.9 Å². The van der Waals surface area contributed by atoms with Crippen molar-refractivity contribution in [3.8, 4) is 0 Å². The highest BCUT2D eigenvalue weighted by atomic mass is 32.2. The van der Waals surface area contributed by atoms with Crippen molar-refractivity contribution in [2.75, 3.05) is 19.8 Å². The van der Waals surface area contributed by atoms with E-state index in [2.05, 4.69) is 20.1 Å². The lowest BCUT2D eigenvalue weighted by Gasteiger charge is -2.44. The Balaban J connectivity index is 1.54. The van der Waals surface area contributed by atoms with Crippen molar-refractivity contribution in [2.24, 2.45) is 17.8 Å². The van der Waals surface area contributed by atoms with Gasteiger partial charge in [0.1, 0.15) is 6.04 Å². The summed E-state index contributed by atoms with van der Waals surface area (Å²) >= 11 is 1.66. The number of likely N-dealkylation sites (tertiary alicyclic amines) is 1. The lowest BCUT2D eigenvalue weighted by Crippen LogP contribution is -2.59. The fourth-order valence-electron chi connectivity index (χ4n) is 8.14. The summed E-state index contributed by atoms with van der Waals surface area (Å²) in [6, 6.07) is 8.08. The number of unbranched alkanes of at least 4 members (excludes halogenated alkanes) is 2. The molecule has 228 valence electrons. The predicted molar refractivity (Wildman–Crippen MR) is 166 cm³/mol. The first kappa shape index (κ1) is 30.9. The third-order valence-electron chi connectivity index (χ3n) is 10.1. The van der Waals surface area contributed by atoms with Crippen molar-refractivity contribution in [1.82, 2.24) is 9.80 Å². The van der Waals surface area contributed by atoms with Crippen LogP contribution in [-0.4, -0.2) is 74.5 Å². The molecular formula is C34H46N2O5S. The van der Waals surface area contributed by atoms with E-state index in [1.165, 1.54) is 6.42 Å². The number of fused-ring (bicyclic) bond motifs is 1. The van der Waals surface area contributed by atoms with Gasteiger partial charge >= 0.3 is 5.97 Å². The number of carbonyl (C=O) groups excluding carboxylic acids is 3. The van der Waals surface area contributed by atoms with Crippen LogP contribution in [0.3, 0.4) is 0 Å². The zero-order chi connectivity index (χ0) is 29.9. The van der Waals surface area contributed by atoms with Crippen LogP contribution < -0.4 is 0 Å². The van der Waals surface area contributed by atoms with Gasteiger partial charge in [-0.25, -0.2) is 0 Å². The molecule has 3 unspecified atom stereocenters. The maximum Gasteiger partial charge on any atom is 0.310 e. The van der Waals surface area contributed by atoms with E-state index in [0.29, 0.717) is 13.2 Å². The van der Waals surface area contributed by atoms with Gasteiger partial charge in [0.15, 0.2) is 0 Å². The minimum atomic E-state index is -0.787. The zero-order valence-corrected chi connectivity index (χ0v) is 25.7. The van der Waals surface area contributed by atoms with Crippen LogP contribution in [0, 0.1) is 17.8 Å². The molecule has 2 bridgehead atoms. The number of esters is 1. The average Bonchev–Trinajstić information content (AvgIpc) is 3.60. The summed E-state index contributed by atoms with van der Waals surface area (Å²) in [6.07, 6.45) is 12.1. The molecule has 7 atom stereocenters. The smallest absolute Gasteiger partial charge is 0.310 e. The standard InChI is InChI=1S/C34H46N2O5S/c1-4-6-7-14-20-41-33(40)28-27-21-23(3)34(42-27)29(28)31(38)36(26(22-37)24-15-10-8-11-16-24)30(34)32(39)35(19-5-2)25-17-12-9-13-18-25/h4-5,8,10-11,15-16,23,25-30,37H,1-2,6-7,9,12-14,17-22H2,3H3/t23?,26-,27-,28+,29+,30?,34?/m1/s1. The summed E-state index contributed by atoms with van der Waals surface area (Å²) < 4.78 is 5.02. The molecule has 4 aliphatic rings. The Bertz CT molecular complexity index is 1150. The second-order valence-electron chi connectivity index (χ2n) is 12.4. The first-order chi connectivity index (χ1) is 20.4. The normalized spacial score (nSPS) is 31.0. The third kappa shape index (κ3) is 5.34. The molecule has 1 N–H and O–H groups in total. The van der Waals surface area contributed by atoms with Crippen molar-refractivity contribution >= 4 is 29.5 Å². The molecule has 0 radical (unpaired) electrons. The number of amides is 2. The number of benzene rings is 1. The molecule has 7 nitrogen and oxygen atoms in total. The van der Waals surface area contributed by atoms with Gasteiger partial charge in [0.05, 0.1) is 35.8 Å². The molecule has 4 fully saturated rings. The van der Waals surface area contributed by atoms with Gasteiger partial charge in [-0.1, -0.05) is 68.7 Å². The van der Waals surface area contributed by atoms with Gasteiger partial charge in [-0.05, 0) is 50.0 Å². The maximum atomic E-state index is 14.9. The highest BCUT2D eigenvalue weighted by Crippen LogP contribution is 2.69. The summed E-state index contributed by atoms with van der Waals surface area (Å²) in [4.78, 5) is 46.9. The molecule has 3 saturated heterocycles. The molecule has 42 heavy (non-hydrogen) atoms. The predicted octanol–water partition coefficient (Wildman–Crippen LogP) is 5.30. The fraction of sp³-hybridized carbons (Fsp3) is 0.618. The number of ether oxygens (including phenoxy) is 1.